The molecule has 0 radical (unpaired) electrons. The van der Waals surface area contributed by atoms with Crippen LogP contribution in [-0.4, -0.2) is 14.6 Å². The molecule has 0 bridgehead atoms. The van der Waals surface area contributed by atoms with E-state index in [0.717, 1.165) is 27.9 Å². The molecule has 0 saturated heterocycles. The van der Waals surface area contributed by atoms with E-state index >= 15 is 0 Å². The summed E-state index contributed by atoms with van der Waals surface area (Å²) in [5.74, 6) is 0.863. The van der Waals surface area contributed by atoms with E-state index in [0.29, 0.717) is 0 Å². The minimum absolute atomic E-state index is 0.863. The van der Waals surface area contributed by atoms with Gasteiger partial charge in [-0.15, -0.1) is 10.2 Å². The quantitative estimate of drug-likeness (QED) is 0.311. The molecule has 0 fully saturated rings. The SMILES string of the molecule is Cc1ccc2c(c1)c1ccccc1c1nnc(-c3cccc(-c4ccccc4)c3)n21. The van der Waals surface area contributed by atoms with Crippen LogP contribution in [0.5, 0.6) is 0 Å². The van der Waals surface area contributed by atoms with Crippen molar-refractivity contribution in [1.82, 2.24) is 14.6 Å². The molecule has 142 valence electrons. The van der Waals surface area contributed by atoms with Crippen molar-refractivity contribution in [2.24, 2.45) is 0 Å². The Balaban J connectivity index is 1.69. The molecular formula is C27H19N3. The number of hydrogen-bond acceptors (Lipinski definition) is 2. The molecule has 4 aromatic carbocycles. The summed E-state index contributed by atoms with van der Waals surface area (Å²) in [7, 11) is 0. The predicted molar refractivity (Wildman–Crippen MR) is 124 cm³/mol. The molecule has 0 aliphatic rings. The van der Waals surface area contributed by atoms with Crippen molar-refractivity contribution in [3.8, 4) is 22.5 Å². The zero-order chi connectivity index (χ0) is 20.1. The van der Waals surface area contributed by atoms with E-state index in [4.69, 9.17) is 0 Å². The lowest BCUT2D eigenvalue weighted by atomic mass is 10.0. The lowest BCUT2D eigenvalue weighted by Gasteiger charge is -2.11. The number of pyridine rings is 1. The largest absolute Gasteiger partial charge is 0.274 e. The number of fused-ring (bicyclic) bond motifs is 6. The van der Waals surface area contributed by atoms with Crippen LogP contribution in [0.1, 0.15) is 5.56 Å². The van der Waals surface area contributed by atoms with Crippen LogP contribution >= 0.6 is 0 Å². The molecule has 6 rings (SSSR count). The molecule has 3 heteroatoms. The van der Waals surface area contributed by atoms with E-state index < -0.39 is 0 Å². The highest BCUT2D eigenvalue weighted by Crippen LogP contribution is 2.33. The third kappa shape index (κ3) is 2.52. The fourth-order valence-corrected chi connectivity index (χ4v) is 4.32. The Kier molecular flexibility index (Phi) is 3.68. The molecule has 0 atom stereocenters. The van der Waals surface area contributed by atoms with Crippen LogP contribution in [0.25, 0.3) is 49.8 Å². The van der Waals surface area contributed by atoms with Crippen molar-refractivity contribution in [3.63, 3.8) is 0 Å². The van der Waals surface area contributed by atoms with Gasteiger partial charge in [0.25, 0.3) is 0 Å². The maximum Gasteiger partial charge on any atom is 0.169 e. The van der Waals surface area contributed by atoms with Gasteiger partial charge in [-0.05, 0) is 41.6 Å². The van der Waals surface area contributed by atoms with Crippen molar-refractivity contribution in [1.29, 1.82) is 0 Å². The van der Waals surface area contributed by atoms with Gasteiger partial charge >= 0.3 is 0 Å². The third-order valence-electron chi connectivity index (χ3n) is 5.74. The topological polar surface area (TPSA) is 30.2 Å². The third-order valence-corrected chi connectivity index (χ3v) is 5.74. The number of aryl methyl sites for hydroxylation is 1. The average molecular weight is 385 g/mol. The zero-order valence-electron chi connectivity index (χ0n) is 16.6. The van der Waals surface area contributed by atoms with E-state index in [1.165, 1.54) is 27.5 Å². The second kappa shape index (κ2) is 6.53. The van der Waals surface area contributed by atoms with Crippen LogP contribution in [0.2, 0.25) is 0 Å². The molecule has 0 amide bonds. The van der Waals surface area contributed by atoms with E-state index in [1.54, 1.807) is 0 Å². The molecule has 30 heavy (non-hydrogen) atoms. The minimum Gasteiger partial charge on any atom is -0.274 e. The molecule has 0 aliphatic heterocycles. The summed E-state index contributed by atoms with van der Waals surface area (Å²) in [6.45, 7) is 2.13. The Bertz CT molecular complexity index is 1550. The van der Waals surface area contributed by atoms with Gasteiger partial charge in [0, 0.05) is 16.3 Å². The van der Waals surface area contributed by atoms with Gasteiger partial charge in [0.15, 0.2) is 11.5 Å². The lowest BCUT2D eigenvalue weighted by molar-refractivity contribution is 1.12. The van der Waals surface area contributed by atoms with Crippen molar-refractivity contribution in [3.05, 3.63) is 103 Å². The Morgan fingerprint density at radius 2 is 1.30 bits per heavy atom. The molecule has 6 aromatic rings. The minimum atomic E-state index is 0.863. The van der Waals surface area contributed by atoms with Crippen molar-refractivity contribution in [2.75, 3.05) is 0 Å². The van der Waals surface area contributed by atoms with Crippen LogP contribution in [-0.2, 0) is 0 Å². The number of aromatic nitrogens is 3. The van der Waals surface area contributed by atoms with E-state index in [9.17, 15) is 0 Å². The fraction of sp³-hybridized carbons (Fsp3) is 0.0370. The molecule has 0 aliphatic carbocycles. The van der Waals surface area contributed by atoms with Gasteiger partial charge < -0.3 is 0 Å². The highest BCUT2D eigenvalue weighted by Gasteiger charge is 2.16. The smallest absolute Gasteiger partial charge is 0.169 e. The predicted octanol–water partition coefficient (Wildman–Crippen LogP) is 6.68. The second-order valence-electron chi connectivity index (χ2n) is 7.70. The Morgan fingerprint density at radius 1 is 0.567 bits per heavy atom. The summed E-state index contributed by atoms with van der Waals surface area (Å²) in [6.07, 6.45) is 0. The van der Waals surface area contributed by atoms with Gasteiger partial charge in [-0.25, -0.2) is 0 Å². The van der Waals surface area contributed by atoms with E-state index in [2.05, 4.69) is 113 Å². The Morgan fingerprint density at radius 3 is 2.17 bits per heavy atom. The number of benzene rings is 4. The highest BCUT2D eigenvalue weighted by molar-refractivity contribution is 6.12. The molecule has 0 unspecified atom stereocenters. The first-order valence-electron chi connectivity index (χ1n) is 10.1. The van der Waals surface area contributed by atoms with Crippen LogP contribution in [0, 0.1) is 6.92 Å². The van der Waals surface area contributed by atoms with Gasteiger partial charge in [0.1, 0.15) is 0 Å². The van der Waals surface area contributed by atoms with Gasteiger partial charge in [-0.3, -0.25) is 4.40 Å². The van der Waals surface area contributed by atoms with Crippen molar-refractivity contribution < 1.29 is 0 Å². The zero-order valence-corrected chi connectivity index (χ0v) is 16.6. The monoisotopic (exact) mass is 385 g/mol. The maximum absolute atomic E-state index is 4.64. The Labute approximate surface area is 174 Å². The molecular weight excluding hydrogens is 366 g/mol. The van der Waals surface area contributed by atoms with Crippen LogP contribution < -0.4 is 0 Å². The van der Waals surface area contributed by atoms with Crippen molar-refractivity contribution in [2.45, 2.75) is 6.92 Å². The van der Waals surface area contributed by atoms with Crippen LogP contribution in [0.4, 0.5) is 0 Å². The summed E-state index contributed by atoms with van der Waals surface area (Å²) in [6, 6.07) is 34.0. The van der Waals surface area contributed by atoms with E-state index in [1.807, 2.05) is 6.07 Å². The maximum atomic E-state index is 4.64. The average Bonchev–Trinajstić information content (AvgIpc) is 3.25. The van der Waals surface area contributed by atoms with Crippen LogP contribution in [0.3, 0.4) is 0 Å². The normalized spacial score (nSPS) is 11.5. The van der Waals surface area contributed by atoms with Crippen molar-refractivity contribution >= 4 is 27.3 Å². The molecule has 3 nitrogen and oxygen atoms in total. The summed E-state index contributed by atoms with van der Waals surface area (Å²) >= 11 is 0. The second-order valence-corrected chi connectivity index (χ2v) is 7.70. The summed E-state index contributed by atoms with van der Waals surface area (Å²) in [5, 5.41) is 12.8. The molecule has 0 saturated carbocycles. The molecule has 0 spiro atoms. The fourth-order valence-electron chi connectivity index (χ4n) is 4.32. The lowest BCUT2D eigenvalue weighted by Crippen LogP contribution is -1.95. The highest BCUT2D eigenvalue weighted by atomic mass is 15.2. The van der Waals surface area contributed by atoms with Gasteiger partial charge in [-0.1, -0.05) is 84.4 Å². The first kappa shape index (κ1) is 16.9. The van der Waals surface area contributed by atoms with E-state index in [-0.39, 0.29) is 0 Å². The summed E-state index contributed by atoms with van der Waals surface area (Å²) in [4.78, 5) is 0. The standard InChI is InChI=1S/C27H19N3/c1-18-14-15-25-24(16-18)22-12-5-6-13-23(22)27-29-28-26(30(25)27)21-11-7-10-20(17-21)19-8-3-2-4-9-19/h2-17H,1H3. The number of rotatable bonds is 2. The number of nitrogens with zero attached hydrogens (tertiary/aromatic N) is 3. The van der Waals surface area contributed by atoms with Gasteiger partial charge in [0.05, 0.1) is 5.52 Å². The summed E-state index contributed by atoms with van der Waals surface area (Å²) < 4.78 is 2.20. The molecule has 2 aromatic heterocycles. The van der Waals surface area contributed by atoms with Gasteiger partial charge in [0.2, 0.25) is 0 Å². The Hall–Kier alpha value is -3.98. The first-order chi connectivity index (χ1) is 14.8. The number of hydrogen-bond donors (Lipinski definition) is 0. The molecule has 0 N–H and O–H groups in total. The summed E-state index contributed by atoms with van der Waals surface area (Å²) in [5.41, 5.74) is 6.68. The van der Waals surface area contributed by atoms with Gasteiger partial charge in [-0.2, -0.15) is 0 Å². The van der Waals surface area contributed by atoms with Crippen LogP contribution in [0.15, 0.2) is 97.1 Å². The molecule has 2 heterocycles. The first-order valence-corrected chi connectivity index (χ1v) is 10.1.